The Morgan fingerprint density at radius 3 is 3.00 bits per heavy atom. The van der Waals surface area contributed by atoms with Crippen LogP contribution < -0.4 is 5.32 Å². The van der Waals surface area contributed by atoms with E-state index in [9.17, 15) is 0 Å². The molecule has 1 N–H and O–H groups in total. The second-order valence-corrected chi connectivity index (χ2v) is 5.73. The standard InChI is InChI=1S/C16H28N2O/c1-4-9-17-16-8-6-5-7-14-11-18(12-15(14)16)10-13(2)19-3/h11-13,16-17H,4-10H2,1-3H3. The van der Waals surface area contributed by atoms with Crippen LogP contribution in [0.5, 0.6) is 0 Å². The number of methoxy groups -OCH3 is 1. The van der Waals surface area contributed by atoms with Crippen molar-refractivity contribution in [2.75, 3.05) is 13.7 Å². The van der Waals surface area contributed by atoms with Gasteiger partial charge >= 0.3 is 0 Å². The number of aryl methyl sites for hydroxylation is 1. The average molecular weight is 264 g/mol. The van der Waals surface area contributed by atoms with Gasteiger partial charge < -0.3 is 14.6 Å². The van der Waals surface area contributed by atoms with Crippen LogP contribution in [0.4, 0.5) is 0 Å². The molecule has 0 aliphatic heterocycles. The second-order valence-electron chi connectivity index (χ2n) is 5.73. The Morgan fingerprint density at radius 1 is 1.42 bits per heavy atom. The van der Waals surface area contributed by atoms with Crippen LogP contribution in [0.2, 0.25) is 0 Å². The third-order valence-electron chi connectivity index (χ3n) is 4.07. The minimum Gasteiger partial charge on any atom is -0.380 e. The maximum absolute atomic E-state index is 5.37. The zero-order valence-corrected chi connectivity index (χ0v) is 12.6. The molecule has 0 aromatic carbocycles. The minimum absolute atomic E-state index is 0.276. The molecule has 0 radical (unpaired) electrons. The first-order valence-corrected chi connectivity index (χ1v) is 7.69. The molecule has 0 saturated heterocycles. The van der Waals surface area contributed by atoms with Crippen molar-refractivity contribution in [3.05, 3.63) is 23.5 Å². The van der Waals surface area contributed by atoms with Gasteiger partial charge in [0.1, 0.15) is 0 Å². The van der Waals surface area contributed by atoms with Crippen molar-refractivity contribution in [1.82, 2.24) is 9.88 Å². The van der Waals surface area contributed by atoms with E-state index in [0.717, 1.165) is 13.1 Å². The molecule has 1 aliphatic carbocycles. The van der Waals surface area contributed by atoms with Crippen LogP contribution in [0.1, 0.15) is 56.7 Å². The Balaban J connectivity index is 2.12. The first-order chi connectivity index (χ1) is 9.24. The fourth-order valence-electron chi connectivity index (χ4n) is 2.92. The molecule has 1 aliphatic rings. The predicted octanol–water partition coefficient (Wildman–Crippen LogP) is 3.29. The number of hydrogen-bond acceptors (Lipinski definition) is 2. The second kappa shape index (κ2) is 7.11. The van der Waals surface area contributed by atoms with E-state index in [1.54, 1.807) is 7.11 Å². The van der Waals surface area contributed by atoms with Gasteiger partial charge in [0.2, 0.25) is 0 Å². The van der Waals surface area contributed by atoms with E-state index in [-0.39, 0.29) is 6.10 Å². The first-order valence-electron chi connectivity index (χ1n) is 7.69. The fraction of sp³-hybridized carbons (Fsp3) is 0.750. The summed E-state index contributed by atoms with van der Waals surface area (Å²) in [6.45, 7) is 6.42. The number of fused-ring (bicyclic) bond motifs is 1. The molecule has 2 unspecified atom stereocenters. The third-order valence-corrected chi connectivity index (χ3v) is 4.07. The van der Waals surface area contributed by atoms with Crippen molar-refractivity contribution >= 4 is 0 Å². The summed E-state index contributed by atoms with van der Waals surface area (Å²) in [7, 11) is 1.78. The Morgan fingerprint density at radius 2 is 2.26 bits per heavy atom. The van der Waals surface area contributed by atoms with E-state index in [2.05, 4.69) is 36.1 Å². The van der Waals surface area contributed by atoms with Gasteiger partial charge in [-0.05, 0) is 50.3 Å². The molecule has 19 heavy (non-hydrogen) atoms. The Hall–Kier alpha value is -0.800. The van der Waals surface area contributed by atoms with Crippen LogP contribution in [0.25, 0.3) is 0 Å². The van der Waals surface area contributed by atoms with E-state index >= 15 is 0 Å². The van der Waals surface area contributed by atoms with Gasteiger partial charge in [-0.1, -0.05) is 13.3 Å². The Labute approximate surface area is 117 Å². The smallest absolute Gasteiger partial charge is 0.0721 e. The van der Waals surface area contributed by atoms with Gasteiger partial charge in [-0.15, -0.1) is 0 Å². The molecule has 1 heterocycles. The first kappa shape index (κ1) is 14.6. The summed E-state index contributed by atoms with van der Waals surface area (Å²) in [6.07, 6.45) is 11.3. The molecule has 0 spiro atoms. The largest absolute Gasteiger partial charge is 0.380 e. The quantitative estimate of drug-likeness (QED) is 0.798. The van der Waals surface area contributed by atoms with E-state index in [4.69, 9.17) is 4.74 Å². The fourth-order valence-corrected chi connectivity index (χ4v) is 2.92. The summed E-state index contributed by atoms with van der Waals surface area (Å²) >= 11 is 0. The summed E-state index contributed by atoms with van der Waals surface area (Å²) in [5, 5.41) is 3.70. The van der Waals surface area contributed by atoms with Gasteiger partial charge in [0.25, 0.3) is 0 Å². The Kier molecular flexibility index (Phi) is 5.46. The van der Waals surface area contributed by atoms with Crippen molar-refractivity contribution in [2.45, 2.75) is 64.6 Å². The lowest BCUT2D eigenvalue weighted by Crippen LogP contribution is -2.22. The average Bonchev–Trinajstić information content (AvgIpc) is 2.71. The highest BCUT2D eigenvalue weighted by molar-refractivity contribution is 5.29. The van der Waals surface area contributed by atoms with Crippen molar-refractivity contribution < 1.29 is 4.74 Å². The summed E-state index contributed by atoms with van der Waals surface area (Å²) in [6, 6.07) is 0.552. The van der Waals surface area contributed by atoms with Gasteiger partial charge in [0.15, 0.2) is 0 Å². The lowest BCUT2D eigenvalue weighted by Gasteiger charge is -2.17. The normalized spacial score (nSPS) is 20.9. The van der Waals surface area contributed by atoms with Crippen molar-refractivity contribution in [2.24, 2.45) is 0 Å². The lowest BCUT2D eigenvalue weighted by atomic mass is 10.0. The monoisotopic (exact) mass is 264 g/mol. The minimum atomic E-state index is 0.276. The number of hydrogen-bond donors (Lipinski definition) is 1. The summed E-state index contributed by atoms with van der Waals surface area (Å²) in [5.74, 6) is 0. The summed E-state index contributed by atoms with van der Waals surface area (Å²) < 4.78 is 7.68. The van der Waals surface area contributed by atoms with Crippen LogP contribution in [0.3, 0.4) is 0 Å². The van der Waals surface area contributed by atoms with Gasteiger partial charge in [0, 0.05) is 32.1 Å². The zero-order valence-electron chi connectivity index (χ0n) is 12.6. The maximum atomic E-state index is 5.37. The van der Waals surface area contributed by atoms with Gasteiger partial charge in [-0.2, -0.15) is 0 Å². The summed E-state index contributed by atoms with van der Waals surface area (Å²) in [5.41, 5.74) is 3.06. The molecule has 108 valence electrons. The van der Waals surface area contributed by atoms with Crippen LogP contribution in [-0.4, -0.2) is 24.3 Å². The van der Waals surface area contributed by atoms with Gasteiger partial charge in [-0.3, -0.25) is 0 Å². The molecule has 0 saturated carbocycles. The highest BCUT2D eigenvalue weighted by atomic mass is 16.5. The summed E-state index contributed by atoms with van der Waals surface area (Å²) in [4.78, 5) is 0. The Bertz CT molecular complexity index is 386. The predicted molar refractivity (Wildman–Crippen MR) is 79.5 cm³/mol. The molecular weight excluding hydrogens is 236 g/mol. The lowest BCUT2D eigenvalue weighted by molar-refractivity contribution is 0.103. The molecule has 2 atom stereocenters. The van der Waals surface area contributed by atoms with E-state index in [1.807, 2.05) is 0 Å². The number of ether oxygens (including phenoxy) is 1. The topological polar surface area (TPSA) is 26.2 Å². The molecular formula is C16H28N2O. The molecule has 1 aromatic heterocycles. The third kappa shape index (κ3) is 3.83. The maximum Gasteiger partial charge on any atom is 0.0721 e. The number of nitrogens with one attached hydrogen (secondary N) is 1. The molecule has 0 bridgehead atoms. The number of aromatic nitrogens is 1. The molecule has 1 aromatic rings. The van der Waals surface area contributed by atoms with Crippen molar-refractivity contribution in [1.29, 1.82) is 0 Å². The van der Waals surface area contributed by atoms with Crippen LogP contribution in [0.15, 0.2) is 12.4 Å². The van der Waals surface area contributed by atoms with E-state index in [0.29, 0.717) is 6.04 Å². The van der Waals surface area contributed by atoms with Gasteiger partial charge in [0.05, 0.1) is 6.10 Å². The van der Waals surface area contributed by atoms with Gasteiger partial charge in [-0.25, -0.2) is 0 Å². The highest BCUT2D eigenvalue weighted by Gasteiger charge is 2.20. The number of nitrogens with zero attached hydrogens (tertiary/aromatic N) is 1. The number of rotatable bonds is 6. The zero-order chi connectivity index (χ0) is 13.7. The SMILES string of the molecule is CCCNC1CCCCc2cn(CC(C)OC)cc21. The van der Waals surface area contributed by atoms with E-state index in [1.165, 1.54) is 43.2 Å². The molecule has 0 amide bonds. The van der Waals surface area contributed by atoms with Crippen LogP contribution in [0, 0.1) is 0 Å². The molecule has 3 nitrogen and oxygen atoms in total. The molecule has 3 heteroatoms. The van der Waals surface area contributed by atoms with Crippen molar-refractivity contribution in [3.8, 4) is 0 Å². The molecule has 0 fully saturated rings. The highest BCUT2D eigenvalue weighted by Crippen LogP contribution is 2.29. The molecule has 2 rings (SSSR count). The van der Waals surface area contributed by atoms with Crippen LogP contribution in [-0.2, 0) is 17.7 Å². The van der Waals surface area contributed by atoms with Crippen LogP contribution >= 0.6 is 0 Å². The van der Waals surface area contributed by atoms with Crippen molar-refractivity contribution in [3.63, 3.8) is 0 Å². The van der Waals surface area contributed by atoms with E-state index < -0.39 is 0 Å².